The van der Waals surface area contributed by atoms with Gasteiger partial charge >= 0.3 is 5.97 Å². The molecular formula is C7H13NO3. The van der Waals surface area contributed by atoms with Gasteiger partial charge in [-0.2, -0.15) is 0 Å². The molecule has 0 bridgehead atoms. The van der Waals surface area contributed by atoms with E-state index in [2.05, 4.69) is 0 Å². The predicted molar refractivity (Wildman–Crippen MR) is 39.1 cm³/mol. The minimum Gasteiger partial charge on any atom is -0.481 e. The first-order valence-electron chi connectivity index (χ1n) is 3.84. The van der Waals surface area contributed by atoms with Gasteiger partial charge in [0.15, 0.2) is 0 Å². The fourth-order valence-electron chi connectivity index (χ4n) is 1.31. The maximum absolute atomic E-state index is 10.2. The second kappa shape index (κ2) is 3.69. The molecule has 0 radical (unpaired) electrons. The fourth-order valence-corrected chi connectivity index (χ4v) is 1.31. The van der Waals surface area contributed by atoms with Crippen LogP contribution in [0.3, 0.4) is 0 Å². The lowest BCUT2D eigenvalue weighted by Gasteiger charge is -2.17. The minimum absolute atomic E-state index is 0.122. The van der Waals surface area contributed by atoms with Gasteiger partial charge in [0, 0.05) is 13.1 Å². The lowest BCUT2D eigenvalue weighted by atomic mass is 10.4. The Morgan fingerprint density at radius 2 is 2.36 bits per heavy atom. The summed E-state index contributed by atoms with van der Waals surface area (Å²) in [4.78, 5) is 12.0. The molecule has 2 N–H and O–H groups in total. The standard InChI is InChI=1S/C7H13NO3/c9-6-2-1-4-8(6)5-3-7(10)11/h6,9H,1-5H2,(H,10,11)/t6-/m0/s1. The Kier molecular flexibility index (Phi) is 2.84. The highest BCUT2D eigenvalue weighted by molar-refractivity contribution is 5.66. The maximum Gasteiger partial charge on any atom is 0.304 e. The molecule has 0 saturated carbocycles. The molecule has 4 nitrogen and oxygen atoms in total. The van der Waals surface area contributed by atoms with Gasteiger partial charge in [0.1, 0.15) is 6.23 Å². The number of hydrogen-bond donors (Lipinski definition) is 2. The van der Waals surface area contributed by atoms with E-state index in [-0.39, 0.29) is 6.42 Å². The number of nitrogens with zero attached hydrogens (tertiary/aromatic N) is 1. The zero-order chi connectivity index (χ0) is 8.27. The van der Waals surface area contributed by atoms with Gasteiger partial charge in [-0.25, -0.2) is 0 Å². The predicted octanol–water partition coefficient (Wildman–Crippen LogP) is -0.125. The monoisotopic (exact) mass is 159 g/mol. The quantitative estimate of drug-likeness (QED) is 0.602. The van der Waals surface area contributed by atoms with E-state index >= 15 is 0 Å². The second-order valence-electron chi connectivity index (χ2n) is 2.80. The van der Waals surface area contributed by atoms with E-state index in [1.165, 1.54) is 0 Å². The molecule has 0 spiro atoms. The van der Waals surface area contributed by atoms with E-state index in [1.807, 2.05) is 0 Å². The molecule has 1 rings (SSSR count). The zero-order valence-corrected chi connectivity index (χ0v) is 6.36. The van der Waals surface area contributed by atoms with E-state index in [0.29, 0.717) is 6.54 Å². The summed E-state index contributed by atoms with van der Waals surface area (Å²) in [7, 11) is 0. The van der Waals surface area contributed by atoms with Gasteiger partial charge in [-0.3, -0.25) is 9.69 Å². The lowest BCUT2D eigenvalue weighted by Crippen LogP contribution is -2.30. The van der Waals surface area contributed by atoms with Gasteiger partial charge in [0.2, 0.25) is 0 Å². The van der Waals surface area contributed by atoms with Crippen molar-refractivity contribution in [1.82, 2.24) is 4.90 Å². The molecule has 1 aliphatic rings. The molecule has 1 atom stereocenters. The number of aliphatic hydroxyl groups is 1. The molecule has 1 heterocycles. The molecule has 0 aromatic rings. The van der Waals surface area contributed by atoms with Gasteiger partial charge in [0.25, 0.3) is 0 Å². The Morgan fingerprint density at radius 3 is 2.82 bits per heavy atom. The van der Waals surface area contributed by atoms with Crippen molar-refractivity contribution in [3.8, 4) is 0 Å². The molecule has 1 fully saturated rings. The first-order valence-corrected chi connectivity index (χ1v) is 3.84. The van der Waals surface area contributed by atoms with Crippen LogP contribution in [0.1, 0.15) is 19.3 Å². The van der Waals surface area contributed by atoms with Gasteiger partial charge in [-0.15, -0.1) is 0 Å². The van der Waals surface area contributed by atoms with Gasteiger partial charge in [-0.1, -0.05) is 0 Å². The van der Waals surface area contributed by atoms with Crippen LogP contribution in [0.2, 0.25) is 0 Å². The van der Waals surface area contributed by atoms with Crippen molar-refractivity contribution in [3.05, 3.63) is 0 Å². The Hall–Kier alpha value is -0.610. The molecule has 4 heteroatoms. The first-order chi connectivity index (χ1) is 5.20. The van der Waals surface area contributed by atoms with Crippen LogP contribution in [-0.2, 0) is 4.79 Å². The number of carboxylic acids is 1. The van der Waals surface area contributed by atoms with E-state index in [0.717, 1.165) is 19.4 Å². The molecule has 64 valence electrons. The summed E-state index contributed by atoms with van der Waals surface area (Å²) >= 11 is 0. The summed E-state index contributed by atoms with van der Waals surface area (Å²) in [6.45, 7) is 1.30. The molecule has 0 unspecified atom stereocenters. The fraction of sp³-hybridized carbons (Fsp3) is 0.857. The van der Waals surface area contributed by atoms with Gasteiger partial charge < -0.3 is 10.2 Å². The number of hydrogen-bond acceptors (Lipinski definition) is 3. The summed E-state index contributed by atoms with van der Waals surface area (Å²) in [6, 6.07) is 0. The Bertz CT molecular complexity index is 149. The number of likely N-dealkylation sites (tertiary alicyclic amines) is 1. The SMILES string of the molecule is O=C(O)CCN1CCC[C@@H]1O. The van der Waals surface area contributed by atoms with Crippen LogP contribution in [-0.4, -0.2) is 40.4 Å². The molecule has 1 aliphatic heterocycles. The van der Waals surface area contributed by atoms with Crippen LogP contribution in [0.5, 0.6) is 0 Å². The third-order valence-corrected chi connectivity index (χ3v) is 1.94. The molecule has 11 heavy (non-hydrogen) atoms. The van der Waals surface area contributed by atoms with Gasteiger partial charge in [-0.05, 0) is 12.8 Å². The third-order valence-electron chi connectivity index (χ3n) is 1.94. The molecule has 0 aromatic heterocycles. The Morgan fingerprint density at radius 1 is 1.64 bits per heavy atom. The average molecular weight is 159 g/mol. The smallest absolute Gasteiger partial charge is 0.304 e. The molecule has 0 amide bonds. The minimum atomic E-state index is -0.802. The second-order valence-corrected chi connectivity index (χ2v) is 2.80. The van der Waals surface area contributed by atoms with Crippen LogP contribution in [0.4, 0.5) is 0 Å². The largest absolute Gasteiger partial charge is 0.481 e. The summed E-state index contributed by atoms with van der Waals surface area (Å²) in [5.41, 5.74) is 0. The number of aliphatic carboxylic acids is 1. The molecule has 0 aliphatic carbocycles. The highest BCUT2D eigenvalue weighted by atomic mass is 16.4. The van der Waals surface area contributed by atoms with E-state index in [4.69, 9.17) is 5.11 Å². The Labute approximate surface area is 65.4 Å². The zero-order valence-electron chi connectivity index (χ0n) is 6.36. The van der Waals surface area contributed by atoms with Crippen molar-refractivity contribution in [2.24, 2.45) is 0 Å². The highest BCUT2D eigenvalue weighted by Gasteiger charge is 2.21. The van der Waals surface area contributed by atoms with Gasteiger partial charge in [0.05, 0.1) is 6.42 Å². The van der Waals surface area contributed by atoms with Crippen LogP contribution in [0.15, 0.2) is 0 Å². The lowest BCUT2D eigenvalue weighted by molar-refractivity contribution is -0.137. The van der Waals surface area contributed by atoms with Crippen molar-refractivity contribution in [2.75, 3.05) is 13.1 Å². The third kappa shape index (κ3) is 2.48. The summed E-state index contributed by atoms with van der Waals surface area (Å²) in [5.74, 6) is -0.802. The number of rotatable bonds is 3. The Balaban J connectivity index is 2.20. The number of aliphatic hydroxyl groups excluding tert-OH is 1. The van der Waals surface area contributed by atoms with Crippen LogP contribution in [0.25, 0.3) is 0 Å². The number of carboxylic acid groups (broad SMARTS) is 1. The van der Waals surface area contributed by atoms with Crippen molar-refractivity contribution in [1.29, 1.82) is 0 Å². The molecule has 0 aromatic carbocycles. The molecule has 1 saturated heterocycles. The van der Waals surface area contributed by atoms with Crippen LogP contribution < -0.4 is 0 Å². The van der Waals surface area contributed by atoms with E-state index in [9.17, 15) is 9.90 Å². The van der Waals surface area contributed by atoms with Crippen LogP contribution >= 0.6 is 0 Å². The van der Waals surface area contributed by atoms with E-state index in [1.54, 1.807) is 4.90 Å². The topological polar surface area (TPSA) is 60.8 Å². The maximum atomic E-state index is 10.2. The van der Waals surface area contributed by atoms with Crippen molar-refractivity contribution in [2.45, 2.75) is 25.5 Å². The number of carbonyl (C=O) groups is 1. The van der Waals surface area contributed by atoms with Crippen LogP contribution in [0, 0.1) is 0 Å². The summed E-state index contributed by atoms with van der Waals surface area (Å²) in [5, 5.41) is 17.6. The molecular weight excluding hydrogens is 146 g/mol. The van der Waals surface area contributed by atoms with Crippen molar-refractivity contribution in [3.63, 3.8) is 0 Å². The first kappa shape index (κ1) is 8.49. The van der Waals surface area contributed by atoms with Crippen molar-refractivity contribution < 1.29 is 15.0 Å². The summed E-state index contributed by atoms with van der Waals surface area (Å²) < 4.78 is 0. The normalized spacial score (nSPS) is 25.7. The average Bonchev–Trinajstić information content (AvgIpc) is 2.31. The summed E-state index contributed by atoms with van der Waals surface area (Å²) in [6.07, 6.45) is 1.46. The highest BCUT2D eigenvalue weighted by Crippen LogP contribution is 2.14. The van der Waals surface area contributed by atoms with E-state index < -0.39 is 12.2 Å². The van der Waals surface area contributed by atoms with Crippen molar-refractivity contribution >= 4 is 5.97 Å².